The van der Waals surface area contributed by atoms with E-state index >= 15 is 0 Å². The molecular weight excluding hydrogens is 286 g/mol. The van der Waals surface area contributed by atoms with E-state index in [0.717, 1.165) is 11.1 Å². The van der Waals surface area contributed by atoms with Crippen molar-refractivity contribution in [3.05, 3.63) is 35.4 Å². The molecule has 0 saturated heterocycles. The molecular formula is C16H23NO5. The number of carbonyl (C=O) groups is 2. The van der Waals surface area contributed by atoms with Crippen LogP contribution in [-0.2, 0) is 22.4 Å². The van der Waals surface area contributed by atoms with Crippen molar-refractivity contribution in [3.8, 4) is 0 Å². The van der Waals surface area contributed by atoms with E-state index in [0.29, 0.717) is 6.42 Å². The van der Waals surface area contributed by atoms with Gasteiger partial charge in [-0.05, 0) is 38.3 Å². The summed E-state index contributed by atoms with van der Waals surface area (Å²) >= 11 is 0. The van der Waals surface area contributed by atoms with Crippen molar-refractivity contribution in [1.82, 2.24) is 5.32 Å². The zero-order chi connectivity index (χ0) is 16.8. The van der Waals surface area contributed by atoms with Gasteiger partial charge < -0.3 is 20.3 Å². The molecule has 1 atom stereocenters. The van der Waals surface area contributed by atoms with Crippen LogP contribution in [0, 0.1) is 0 Å². The van der Waals surface area contributed by atoms with Crippen LogP contribution in [0.25, 0.3) is 0 Å². The number of carbonyl (C=O) groups excluding carboxylic acids is 1. The minimum Gasteiger partial charge on any atom is -0.480 e. The maximum Gasteiger partial charge on any atom is 0.408 e. The molecule has 3 N–H and O–H groups in total. The molecule has 0 aliphatic heterocycles. The maximum atomic E-state index is 11.7. The summed E-state index contributed by atoms with van der Waals surface area (Å²) < 4.78 is 5.07. The highest BCUT2D eigenvalue weighted by Gasteiger charge is 2.24. The number of nitrogens with one attached hydrogen (secondary N) is 1. The first-order valence-electron chi connectivity index (χ1n) is 7.12. The van der Waals surface area contributed by atoms with Crippen LogP contribution in [0.4, 0.5) is 4.79 Å². The molecule has 6 heteroatoms. The number of aliphatic hydroxyl groups is 1. The molecule has 0 aromatic heterocycles. The molecule has 1 aromatic carbocycles. The van der Waals surface area contributed by atoms with Crippen molar-refractivity contribution in [2.24, 2.45) is 0 Å². The molecule has 1 unspecified atom stereocenters. The Morgan fingerprint density at radius 1 is 1.18 bits per heavy atom. The fourth-order valence-electron chi connectivity index (χ4n) is 1.86. The standard InChI is InChI=1S/C16H23NO5/c1-16(2,3)22-15(21)17-13(14(19)20)10-12-6-4-11(5-7-12)8-9-18/h4-7,13,18H,8-10H2,1-3H3,(H,17,21)(H,19,20). The van der Waals surface area contributed by atoms with Gasteiger partial charge in [-0.25, -0.2) is 9.59 Å². The van der Waals surface area contributed by atoms with Crippen molar-refractivity contribution >= 4 is 12.1 Å². The molecule has 0 saturated carbocycles. The van der Waals surface area contributed by atoms with Gasteiger partial charge in [-0.1, -0.05) is 24.3 Å². The quantitative estimate of drug-likeness (QED) is 0.744. The normalized spacial score (nSPS) is 12.5. The van der Waals surface area contributed by atoms with E-state index in [9.17, 15) is 14.7 Å². The van der Waals surface area contributed by atoms with E-state index in [4.69, 9.17) is 9.84 Å². The number of aliphatic carboxylic acids is 1. The second-order valence-electron chi connectivity index (χ2n) is 6.03. The summed E-state index contributed by atoms with van der Waals surface area (Å²) in [5, 5.41) is 20.4. The second kappa shape index (κ2) is 7.79. The van der Waals surface area contributed by atoms with Gasteiger partial charge in [-0.2, -0.15) is 0 Å². The molecule has 0 radical (unpaired) electrons. The average molecular weight is 309 g/mol. The lowest BCUT2D eigenvalue weighted by Crippen LogP contribution is -2.44. The topological polar surface area (TPSA) is 95.9 Å². The average Bonchev–Trinajstić information content (AvgIpc) is 2.38. The maximum absolute atomic E-state index is 11.7. The fourth-order valence-corrected chi connectivity index (χ4v) is 1.86. The first-order chi connectivity index (χ1) is 10.2. The molecule has 0 spiro atoms. The summed E-state index contributed by atoms with van der Waals surface area (Å²) in [6.45, 7) is 5.20. The van der Waals surface area contributed by atoms with Gasteiger partial charge in [0.25, 0.3) is 0 Å². The number of rotatable bonds is 6. The van der Waals surface area contributed by atoms with Crippen LogP contribution in [-0.4, -0.2) is 40.5 Å². The third-order valence-corrected chi connectivity index (χ3v) is 2.85. The Bertz CT molecular complexity index is 504. The van der Waals surface area contributed by atoms with Crippen molar-refractivity contribution in [2.75, 3.05) is 6.61 Å². The lowest BCUT2D eigenvalue weighted by molar-refractivity contribution is -0.139. The van der Waals surface area contributed by atoms with Crippen LogP contribution < -0.4 is 5.32 Å². The third kappa shape index (κ3) is 6.58. The number of ether oxygens (including phenoxy) is 1. The first kappa shape index (κ1) is 18.0. The zero-order valence-electron chi connectivity index (χ0n) is 13.1. The van der Waals surface area contributed by atoms with Gasteiger partial charge in [0.15, 0.2) is 0 Å². The van der Waals surface area contributed by atoms with Gasteiger partial charge in [-0.15, -0.1) is 0 Å². The van der Waals surface area contributed by atoms with E-state index in [2.05, 4.69) is 5.32 Å². The second-order valence-corrected chi connectivity index (χ2v) is 6.03. The molecule has 0 heterocycles. The van der Waals surface area contributed by atoms with Gasteiger partial charge in [0.2, 0.25) is 0 Å². The number of aliphatic hydroxyl groups excluding tert-OH is 1. The summed E-state index contributed by atoms with van der Waals surface area (Å²) in [7, 11) is 0. The number of carboxylic acid groups (broad SMARTS) is 1. The summed E-state index contributed by atoms with van der Waals surface area (Å²) in [6.07, 6.45) is -0.0379. The van der Waals surface area contributed by atoms with E-state index in [1.54, 1.807) is 32.9 Å². The van der Waals surface area contributed by atoms with Gasteiger partial charge >= 0.3 is 12.1 Å². The highest BCUT2D eigenvalue weighted by atomic mass is 16.6. The smallest absolute Gasteiger partial charge is 0.408 e. The van der Waals surface area contributed by atoms with Crippen LogP contribution in [0.3, 0.4) is 0 Å². The fraction of sp³-hybridized carbons (Fsp3) is 0.500. The number of hydrogen-bond acceptors (Lipinski definition) is 4. The summed E-state index contributed by atoms with van der Waals surface area (Å²) in [4.78, 5) is 22.9. The SMILES string of the molecule is CC(C)(C)OC(=O)NC(Cc1ccc(CCO)cc1)C(=O)O. The molecule has 22 heavy (non-hydrogen) atoms. The van der Waals surface area contributed by atoms with Crippen LogP contribution in [0.1, 0.15) is 31.9 Å². The van der Waals surface area contributed by atoms with Crippen molar-refractivity contribution in [3.63, 3.8) is 0 Å². The van der Waals surface area contributed by atoms with Crippen molar-refractivity contribution < 1.29 is 24.5 Å². The predicted octanol–water partition coefficient (Wildman–Crippen LogP) is 1.74. The van der Waals surface area contributed by atoms with Gasteiger partial charge in [-0.3, -0.25) is 0 Å². The van der Waals surface area contributed by atoms with E-state index in [1.165, 1.54) is 0 Å². The molecule has 1 rings (SSSR count). The molecule has 6 nitrogen and oxygen atoms in total. The highest BCUT2D eigenvalue weighted by molar-refractivity contribution is 5.80. The van der Waals surface area contributed by atoms with Gasteiger partial charge in [0, 0.05) is 13.0 Å². The highest BCUT2D eigenvalue weighted by Crippen LogP contribution is 2.10. The third-order valence-electron chi connectivity index (χ3n) is 2.85. The molecule has 1 amide bonds. The van der Waals surface area contributed by atoms with Gasteiger partial charge in [0.05, 0.1) is 0 Å². The molecule has 0 aliphatic rings. The van der Waals surface area contributed by atoms with Crippen molar-refractivity contribution in [2.45, 2.75) is 45.3 Å². The minimum absolute atomic E-state index is 0.0668. The zero-order valence-corrected chi connectivity index (χ0v) is 13.1. The Hall–Kier alpha value is -2.08. The van der Waals surface area contributed by atoms with Crippen LogP contribution in [0.2, 0.25) is 0 Å². The van der Waals surface area contributed by atoms with Crippen LogP contribution in [0.5, 0.6) is 0 Å². The summed E-state index contributed by atoms with van der Waals surface area (Å²) in [6, 6.07) is 6.18. The Labute approximate surface area is 130 Å². The lowest BCUT2D eigenvalue weighted by Gasteiger charge is -2.22. The predicted molar refractivity (Wildman–Crippen MR) is 81.7 cm³/mol. The monoisotopic (exact) mass is 309 g/mol. The number of benzene rings is 1. The number of carboxylic acids is 1. The Morgan fingerprint density at radius 3 is 2.18 bits per heavy atom. The van der Waals surface area contributed by atoms with Crippen LogP contribution in [0.15, 0.2) is 24.3 Å². The number of amides is 1. The summed E-state index contributed by atoms with van der Waals surface area (Å²) in [5.41, 5.74) is 1.07. The molecule has 0 aliphatic carbocycles. The van der Waals surface area contributed by atoms with E-state index in [1.807, 2.05) is 12.1 Å². The molecule has 1 aromatic rings. The van der Waals surface area contributed by atoms with E-state index in [-0.39, 0.29) is 13.0 Å². The largest absolute Gasteiger partial charge is 0.480 e. The summed E-state index contributed by atoms with van der Waals surface area (Å²) in [5.74, 6) is -1.12. The lowest BCUT2D eigenvalue weighted by atomic mass is 10.0. The first-order valence-corrected chi connectivity index (χ1v) is 7.12. The molecule has 0 bridgehead atoms. The number of alkyl carbamates (subject to hydrolysis) is 1. The molecule has 122 valence electrons. The Balaban J connectivity index is 2.68. The van der Waals surface area contributed by atoms with Crippen LogP contribution >= 0.6 is 0 Å². The Morgan fingerprint density at radius 2 is 1.73 bits per heavy atom. The molecule has 0 fully saturated rings. The number of hydrogen-bond donors (Lipinski definition) is 3. The van der Waals surface area contributed by atoms with E-state index < -0.39 is 23.7 Å². The minimum atomic E-state index is -1.12. The Kier molecular flexibility index (Phi) is 6.37. The van der Waals surface area contributed by atoms with Gasteiger partial charge in [0.1, 0.15) is 11.6 Å². The van der Waals surface area contributed by atoms with Crippen molar-refractivity contribution in [1.29, 1.82) is 0 Å².